The summed E-state index contributed by atoms with van der Waals surface area (Å²) in [5.74, 6) is -0.109. The Balaban J connectivity index is 1.96. The van der Waals surface area contributed by atoms with Crippen LogP contribution in [0.1, 0.15) is 11.1 Å². The van der Waals surface area contributed by atoms with Crippen LogP contribution in [0.5, 0.6) is 5.75 Å². The quantitative estimate of drug-likeness (QED) is 0.466. The number of halogens is 1. The SMILES string of the molecule is COc1ccc(S(=O)(=O)c2cn(Cc3ccccc3C)c3ccc(F)cc3c2=O)cc1. The zero-order chi connectivity index (χ0) is 22.2. The summed E-state index contributed by atoms with van der Waals surface area (Å²) in [6.45, 7) is 2.29. The molecule has 0 saturated heterocycles. The maximum atomic E-state index is 14.0. The maximum Gasteiger partial charge on any atom is 0.211 e. The van der Waals surface area contributed by atoms with Gasteiger partial charge in [0.05, 0.1) is 17.5 Å². The number of aryl methyl sites for hydroxylation is 1. The van der Waals surface area contributed by atoms with Crippen molar-refractivity contribution in [3.63, 3.8) is 0 Å². The molecule has 0 fully saturated rings. The topological polar surface area (TPSA) is 65.4 Å². The number of hydrogen-bond acceptors (Lipinski definition) is 4. The first-order valence-corrected chi connectivity index (χ1v) is 11.1. The second-order valence-corrected chi connectivity index (χ2v) is 9.14. The molecular formula is C24H20FNO4S. The molecule has 0 atom stereocenters. The summed E-state index contributed by atoms with van der Waals surface area (Å²) >= 11 is 0. The highest BCUT2D eigenvalue weighted by Crippen LogP contribution is 2.24. The van der Waals surface area contributed by atoms with Crippen molar-refractivity contribution in [3.05, 3.63) is 100 Å². The number of methoxy groups -OCH3 is 1. The number of aromatic nitrogens is 1. The third kappa shape index (κ3) is 3.84. The molecule has 0 bridgehead atoms. The summed E-state index contributed by atoms with van der Waals surface area (Å²) in [4.78, 5) is 12.7. The number of nitrogens with zero attached hydrogens (tertiary/aromatic N) is 1. The van der Waals surface area contributed by atoms with E-state index in [1.165, 1.54) is 49.7 Å². The number of pyridine rings is 1. The van der Waals surface area contributed by atoms with Crippen molar-refractivity contribution in [2.24, 2.45) is 0 Å². The molecule has 1 heterocycles. The molecule has 4 aromatic rings. The predicted molar refractivity (Wildman–Crippen MR) is 117 cm³/mol. The number of hydrogen-bond donors (Lipinski definition) is 0. The Bertz CT molecular complexity index is 1440. The highest BCUT2D eigenvalue weighted by atomic mass is 32.2. The summed E-state index contributed by atoms with van der Waals surface area (Å²) < 4.78 is 47.3. The number of rotatable bonds is 5. The monoisotopic (exact) mass is 437 g/mol. The number of ether oxygens (including phenoxy) is 1. The second kappa shape index (κ2) is 8.00. The van der Waals surface area contributed by atoms with Crippen molar-refractivity contribution in [2.45, 2.75) is 23.3 Å². The van der Waals surface area contributed by atoms with Gasteiger partial charge in [0, 0.05) is 18.1 Å². The molecule has 0 aliphatic carbocycles. The normalized spacial score (nSPS) is 11.6. The molecule has 0 saturated carbocycles. The standard InChI is InChI=1S/C24H20FNO4S/c1-16-5-3-4-6-17(16)14-26-15-23(24(27)21-13-18(25)7-12-22(21)26)31(28,29)20-10-8-19(30-2)9-11-20/h3-13,15H,14H2,1-2H3. The Morgan fingerprint density at radius 1 is 1.00 bits per heavy atom. The van der Waals surface area contributed by atoms with Gasteiger partial charge in [-0.05, 0) is 60.5 Å². The molecule has 4 rings (SSSR count). The van der Waals surface area contributed by atoms with Crippen LogP contribution in [0, 0.1) is 12.7 Å². The van der Waals surface area contributed by atoms with Crippen molar-refractivity contribution in [1.29, 1.82) is 0 Å². The van der Waals surface area contributed by atoms with Gasteiger partial charge in [-0.15, -0.1) is 0 Å². The summed E-state index contributed by atoms with van der Waals surface area (Å²) in [6, 6.07) is 17.3. The highest BCUT2D eigenvalue weighted by Gasteiger charge is 2.24. The zero-order valence-electron chi connectivity index (χ0n) is 17.0. The highest BCUT2D eigenvalue weighted by molar-refractivity contribution is 7.91. The van der Waals surface area contributed by atoms with E-state index in [2.05, 4.69) is 0 Å². The first kappa shape index (κ1) is 20.8. The van der Waals surface area contributed by atoms with Gasteiger partial charge in [0.1, 0.15) is 16.5 Å². The lowest BCUT2D eigenvalue weighted by Gasteiger charge is -2.15. The predicted octanol–water partition coefficient (Wildman–Crippen LogP) is 4.34. The summed E-state index contributed by atoms with van der Waals surface area (Å²) in [6.07, 6.45) is 1.34. The van der Waals surface area contributed by atoms with E-state index < -0.39 is 26.0 Å². The molecule has 5 nitrogen and oxygen atoms in total. The van der Waals surface area contributed by atoms with Crippen LogP contribution in [-0.2, 0) is 16.4 Å². The Labute approximate surface area is 179 Å². The fraction of sp³-hybridized carbons (Fsp3) is 0.125. The zero-order valence-corrected chi connectivity index (χ0v) is 17.8. The molecular weight excluding hydrogens is 417 g/mol. The Morgan fingerprint density at radius 2 is 1.71 bits per heavy atom. The van der Waals surface area contributed by atoms with Gasteiger partial charge in [0.25, 0.3) is 0 Å². The molecule has 0 aliphatic heterocycles. The molecule has 0 unspecified atom stereocenters. The Morgan fingerprint density at radius 3 is 2.39 bits per heavy atom. The third-order valence-electron chi connectivity index (χ3n) is 5.27. The van der Waals surface area contributed by atoms with E-state index in [4.69, 9.17) is 4.74 Å². The van der Waals surface area contributed by atoms with Crippen LogP contribution in [0.15, 0.2) is 87.5 Å². The van der Waals surface area contributed by atoms with Crippen molar-refractivity contribution in [3.8, 4) is 5.75 Å². The van der Waals surface area contributed by atoms with Gasteiger partial charge in [-0.2, -0.15) is 0 Å². The minimum absolute atomic E-state index is 0.0168. The van der Waals surface area contributed by atoms with E-state index in [1.807, 2.05) is 31.2 Å². The van der Waals surface area contributed by atoms with Gasteiger partial charge in [0.15, 0.2) is 0 Å². The lowest BCUT2D eigenvalue weighted by atomic mass is 10.1. The molecule has 31 heavy (non-hydrogen) atoms. The van der Waals surface area contributed by atoms with Gasteiger partial charge in [-0.1, -0.05) is 24.3 Å². The van der Waals surface area contributed by atoms with E-state index in [9.17, 15) is 17.6 Å². The maximum absolute atomic E-state index is 14.0. The average molecular weight is 437 g/mol. The molecule has 7 heteroatoms. The smallest absolute Gasteiger partial charge is 0.211 e. The second-order valence-electron chi connectivity index (χ2n) is 7.22. The number of fused-ring (bicyclic) bond motifs is 1. The minimum Gasteiger partial charge on any atom is -0.497 e. The first-order valence-electron chi connectivity index (χ1n) is 9.57. The minimum atomic E-state index is -4.14. The van der Waals surface area contributed by atoms with E-state index in [0.29, 0.717) is 17.8 Å². The third-order valence-corrected chi connectivity index (χ3v) is 7.03. The van der Waals surface area contributed by atoms with Crippen molar-refractivity contribution >= 4 is 20.7 Å². The van der Waals surface area contributed by atoms with Gasteiger partial charge in [0.2, 0.25) is 15.3 Å². The Hall–Kier alpha value is -3.45. The van der Waals surface area contributed by atoms with Crippen LogP contribution in [0.3, 0.4) is 0 Å². The number of sulfone groups is 1. The van der Waals surface area contributed by atoms with Gasteiger partial charge in [-0.25, -0.2) is 12.8 Å². The van der Waals surface area contributed by atoms with Crippen LogP contribution in [0.4, 0.5) is 4.39 Å². The lowest BCUT2D eigenvalue weighted by molar-refractivity contribution is 0.414. The fourth-order valence-electron chi connectivity index (χ4n) is 3.52. The molecule has 0 spiro atoms. The lowest BCUT2D eigenvalue weighted by Crippen LogP contribution is -2.20. The van der Waals surface area contributed by atoms with Crippen LogP contribution >= 0.6 is 0 Å². The molecule has 3 aromatic carbocycles. The summed E-state index contributed by atoms with van der Waals surface area (Å²) in [5.41, 5.74) is 1.72. The van der Waals surface area contributed by atoms with Crippen LogP contribution in [0.2, 0.25) is 0 Å². The van der Waals surface area contributed by atoms with Crippen LogP contribution in [0.25, 0.3) is 10.9 Å². The van der Waals surface area contributed by atoms with E-state index in [-0.39, 0.29) is 10.3 Å². The van der Waals surface area contributed by atoms with Crippen molar-refractivity contribution in [1.82, 2.24) is 4.57 Å². The molecule has 1 aromatic heterocycles. The molecule has 0 radical (unpaired) electrons. The van der Waals surface area contributed by atoms with Crippen LogP contribution < -0.4 is 10.2 Å². The number of benzene rings is 3. The Kier molecular flexibility index (Phi) is 5.37. The largest absolute Gasteiger partial charge is 0.497 e. The van der Waals surface area contributed by atoms with Gasteiger partial charge in [-0.3, -0.25) is 4.79 Å². The van der Waals surface area contributed by atoms with Crippen LogP contribution in [-0.4, -0.2) is 20.1 Å². The average Bonchev–Trinajstić information content (AvgIpc) is 2.77. The summed E-state index contributed by atoms with van der Waals surface area (Å²) in [7, 11) is -2.66. The fourth-order valence-corrected chi connectivity index (χ4v) is 4.89. The molecule has 158 valence electrons. The van der Waals surface area contributed by atoms with Gasteiger partial charge < -0.3 is 9.30 Å². The summed E-state index contributed by atoms with van der Waals surface area (Å²) in [5, 5.41) is 0.0168. The van der Waals surface area contributed by atoms with E-state index in [1.54, 1.807) is 4.57 Å². The van der Waals surface area contributed by atoms with E-state index in [0.717, 1.165) is 17.2 Å². The van der Waals surface area contributed by atoms with E-state index >= 15 is 0 Å². The molecule has 0 N–H and O–H groups in total. The van der Waals surface area contributed by atoms with Crippen molar-refractivity contribution in [2.75, 3.05) is 7.11 Å². The molecule has 0 aliphatic rings. The van der Waals surface area contributed by atoms with Gasteiger partial charge >= 0.3 is 0 Å². The van der Waals surface area contributed by atoms with Crippen molar-refractivity contribution < 1.29 is 17.5 Å². The first-order chi connectivity index (χ1) is 14.8. The molecule has 0 amide bonds.